The minimum Gasteiger partial charge on any atom is -0.491 e. The van der Waals surface area contributed by atoms with Gasteiger partial charge < -0.3 is 15.8 Å². The average molecular weight is 349 g/mol. The van der Waals surface area contributed by atoms with Gasteiger partial charge in [0.05, 0.1) is 18.2 Å². The maximum Gasteiger partial charge on any atom is 0.229 e. The van der Waals surface area contributed by atoms with Crippen molar-refractivity contribution in [2.45, 2.75) is 26.3 Å². The van der Waals surface area contributed by atoms with Gasteiger partial charge in [0.25, 0.3) is 0 Å². The van der Waals surface area contributed by atoms with Crippen LogP contribution in [0.3, 0.4) is 0 Å². The number of halogens is 1. The van der Waals surface area contributed by atoms with Crippen LogP contribution in [-0.4, -0.2) is 12.5 Å². The van der Waals surface area contributed by atoms with E-state index in [4.69, 9.17) is 10.5 Å². The Bertz CT molecular complexity index is 634. The van der Waals surface area contributed by atoms with Crippen molar-refractivity contribution in [3.63, 3.8) is 0 Å². The fraction of sp³-hybridized carbons (Fsp3) is 0.316. The molecule has 0 fully saturated rings. The molecule has 4 nitrogen and oxygen atoms in total. The van der Waals surface area contributed by atoms with Gasteiger partial charge in [0.2, 0.25) is 5.91 Å². The first-order valence-corrected chi connectivity index (χ1v) is 7.96. The van der Waals surface area contributed by atoms with Crippen LogP contribution >= 0.6 is 12.4 Å². The summed E-state index contributed by atoms with van der Waals surface area (Å²) in [5, 5.41) is 2.93. The standard InChI is InChI=1S/C19H24N2O2.ClH/c1-3-13-23-17-12-8-7-11-16(17)21-19(22)14(2)18(20)15-9-5-4-6-10-15;/h4-12,14,18H,3,13,20H2,1-2H3,(H,21,22);1H. The number of hydrogen-bond donors (Lipinski definition) is 2. The molecule has 0 bridgehead atoms. The first-order chi connectivity index (χ1) is 11.1. The first kappa shape index (κ1) is 20.0. The SMILES string of the molecule is CCCOc1ccccc1NC(=O)C(C)C(N)c1ccccc1.Cl. The number of nitrogens with one attached hydrogen (secondary N) is 1. The van der Waals surface area contributed by atoms with Crippen LogP contribution in [0.15, 0.2) is 54.6 Å². The van der Waals surface area contributed by atoms with Gasteiger partial charge in [-0.25, -0.2) is 0 Å². The summed E-state index contributed by atoms with van der Waals surface area (Å²) in [4.78, 5) is 12.5. The zero-order valence-corrected chi connectivity index (χ0v) is 14.9. The molecular formula is C19H25ClN2O2. The number of benzene rings is 2. The number of ether oxygens (including phenoxy) is 1. The summed E-state index contributed by atoms with van der Waals surface area (Å²) in [6.07, 6.45) is 0.914. The predicted octanol–water partition coefficient (Wildman–Crippen LogP) is 4.17. The second-order valence-corrected chi connectivity index (χ2v) is 5.56. The molecule has 0 spiro atoms. The Hall–Kier alpha value is -2.04. The molecule has 3 N–H and O–H groups in total. The molecule has 130 valence electrons. The summed E-state index contributed by atoms with van der Waals surface area (Å²) in [6, 6.07) is 16.8. The van der Waals surface area contributed by atoms with Gasteiger partial charge in [0.1, 0.15) is 5.75 Å². The minimum absolute atomic E-state index is 0. The van der Waals surface area contributed by atoms with Gasteiger partial charge in [-0.2, -0.15) is 0 Å². The highest BCUT2D eigenvalue weighted by Crippen LogP contribution is 2.26. The van der Waals surface area contributed by atoms with Crippen LogP contribution in [0.4, 0.5) is 5.69 Å². The lowest BCUT2D eigenvalue weighted by Crippen LogP contribution is -2.30. The normalized spacial score (nSPS) is 12.6. The van der Waals surface area contributed by atoms with E-state index in [1.54, 1.807) is 0 Å². The third-order valence-electron chi connectivity index (χ3n) is 3.74. The Morgan fingerprint density at radius 1 is 1.12 bits per heavy atom. The highest BCUT2D eigenvalue weighted by molar-refractivity contribution is 5.94. The molecule has 0 radical (unpaired) electrons. The molecule has 2 aromatic rings. The lowest BCUT2D eigenvalue weighted by Gasteiger charge is -2.20. The number of rotatable bonds is 7. The van der Waals surface area contributed by atoms with Gasteiger partial charge in [-0.1, -0.05) is 56.3 Å². The molecular weight excluding hydrogens is 324 g/mol. The molecule has 2 atom stereocenters. The number of hydrogen-bond acceptors (Lipinski definition) is 3. The highest BCUT2D eigenvalue weighted by atomic mass is 35.5. The molecule has 2 rings (SSSR count). The van der Waals surface area contributed by atoms with E-state index in [2.05, 4.69) is 5.32 Å². The minimum atomic E-state index is -0.350. The maximum absolute atomic E-state index is 12.5. The topological polar surface area (TPSA) is 64.3 Å². The second-order valence-electron chi connectivity index (χ2n) is 5.56. The maximum atomic E-state index is 12.5. The Morgan fingerprint density at radius 2 is 1.75 bits per heavy atom. The molecule has 0 aliphatic carbocycles. The quantitative estimate of drug-likeness (QED) is 0.789. The Balaban J connectivity index is 0.00000288. The summed E-state index contributed by atoms with van der Waals surface area (Å²) < 4.78 is 5.67. The van der Waals surface area contributed by atoms with Gasteiger partial charge in [-0.15, -0.1) is 12.4 Å². The van der Waals surface area contributed by atoms with E-state index in [-0.39, 0.29) is 30.3 Å². The average Bonchev–Trinajstić information content (AvgIpc) is 2.60. The summed E-state index contributed by atoms with van der Waals surface area (Å²) in [5.74, 6) is 0.216. The van der Waals surface area contributed by atoms with E-state index in [9.17, 15) is 4.79 Å². The molecule has 24 heavy (non-hydrogen) atoms. The van der Waals surface area contributed by atoms with Crippen molar-refractivity contribution >= 4 is 24.0 Å². The van der Waals surface area contributed by atoms with Crippen LogP contribution in [-0.2, 0) is 4.79 Å². The van der Waals surface area contributed by atoms with Gasteiger partial charge in [-0.3, -0.25) is 4.79 Å². The van der Waals surface area contributed by atoms with Crippen LogP contribution in [0, 0.1) is 5.92 Å². The molecule has 5 heteroatoms. The Kier molecular flexibility index (Phi) is 8.30. The smallest absolute Gasteiger partial charge is 0.229 e. The lowest BCUT2D eigenvalue weighted by atomic mass is 9.94. The predicted molar refractivity (Wildman–Crippen MR) is 101 cm³/mol. The molecule has 0 aromatic heterocycles. The summed E-state index contributed by atoms with van der Waals surface area (Å²) >= 11 is 0. The first-order valence-electron chi connectivity index (χ1n) is 7.96. The third-order valence-corrected chi connectivity index (χ3v) is 3.74. The number of carbonyl (C=O) groups excluding carboxylic acids is 1. The fourth-order valence-electron chi connectivity index (χ4n) is 2.28. The van der Waals surface area contributed by atoms with Crippen LogP contribution in [0.5, 0.6) is 5.75 Å². The number of amides is 1. The number of para-hydroxylation sites is 2. The Labute approximate surface area is 149 Å². The second kappa shape index (κ2) is 9.96. The van der Waals surface area contributed by atoms with E-state index in [1.165, 1.54) is 0 Å². The molecule has 0 saturated heterocycles. The number of nitrogens with two attached hydrogens (primary N) is 1. The van der Waals surface area contributed by atoms with Crippen molar-refractivity contribution in [1.29, 1.82) is 0 Å². The molecule has 0 aliphatic rings. The van der Waals surface area contributed by atoms with Crippen LogP contribution in [0.2, 0.25) is 0 Å². The summed E-state index contributed by atoms with van der Waals surface area (Å²) in [7, 11) is 0. The van der Waals surface area contributed by atoms with Gasteiger partial charge in [-0.05, 0) is 24.1 Å². The van der Waals surface area contributed by atoms with Crippen molar-refractivity contribution in [3.8, 4) is 5.75 Å². The van der Waals surface area contributed by atoms with Gasteiger partial charge in [0.15, 0.2) is 0 Å². The van der Waals surface area contributed by atoms with E-state index >= 15 is 0 Å². The van der Waals surface area contributed by atoms with Crippen LogP contribution in [0.25, 0.3) is 0 Å². The molecule has 2 aromatic carbocycles. The number of carbonyl (C=O) groups is 1. The molecule has 2 unspecified atom stereocenters. The molecule has 0 heterocycles. The van der Waals surface area contributed by atoms with E-state index < -0.39 is 0 Å². The molecule has 0 aliphatic heterocycles. The van der Waals surface area contributed by atoms with Gasteiger partial charge in [0, 0.05) is 6.04 Å². The lowest BCUT2D eigenvalue weighted by molar-refractivity contribution is -0.120. The zero-order chi connectivity index (χ0) is 16.7. The van der Waals surface area contributed by atoms with Gasteiger partial charge >= 0.3 is 0 Å². The van der Waals surface area contributed by atoms with E-state index in [0.717, 1.165) is 12.0 Å². The van der Waals surface area contributed by atoms with E-state index in [0.29, 0.717) is 18.0 Å². The van der Waals surface area contributed by atoms with Crippen molar-refractivity contribution in [1.82, 2.24) is 0 Å². The highest BCUT2D eigenvalue weighted by Gasteiger charge is 2.22. The summed E-state index contributed by atoms with van der Waals surface area (Å²) in [5.41, 5.74) is 7.85. The largest absolute Gasteiger partial charge is 0.491 e. The van der Waals surface area contributed by atoms with E-state index in [1.807, 2.05) is 68.4 Å². The fourth-order valence-corrected chi connectivity index (χ4v) is 2.28. The van der Waals surface area contributed by atoms with Crippen LogP contribution in [0.1, 0.15) is 31.9 Å². The Morgan fingerprint density at radius 3 is 2.42 bits per heavy atom. The monoisotopic (exact) mass is 348 g/mol. The van der Waals surface area contributed by atoms with Crippen molar-refractivity contribution in [3.05, 3.63) is 60.2 Å². The summed E-state index contributed by atoms with van der Waals surface area (Å²) in [6.45, 7) is 4.50. The zero-order valence-electron chi connectivity index (χ0n) is 14.1. The van der Waals surface area contributed by atoms with Crippen molar-refractivity contribution in [2.75, 3.05) is 11.9 Å². The number of anilines is 1. The molecule has 1 amide bonds. The molecule has 0 saturated carbocycles. The van der Waals surface area contributed by atoms with Crippen LogP contribution < -0.4 is 15.8 Å². The third kappa shape index (κ3) is 5.25. The van der Waals surface area contributed by atoms with Crippen molar-refractivity contribution < 1.29 is 9.53 Å². The van der Waals surface area contributed by atoms with Crippen molar-refractivity contribution in [2.24, 2.45) is 11.7 Å².